The summed E-state index contributed by atoms with van der Waals surface area (Å²) in [5, 5.41) is 31.5. The van der Waals surface area contributed by atoms with Gasteiger partial charge >= 0.3 is 21.0 Å². The fraction of sp³-hybridized carbons (Fsp3) is 0. The number of benzene rings is 2. The molecule has 0 radical (unpaired) electrons. The molecule has 1 heterocycles. The van der Waals surface area contributed by atoms with Gasteiger partial charge in [-0.05, 0) is 23.6 Å². The quantitative estimate of drug-likeness (QED) is 0.475. The van der Waals surface area contributed by atoms with Crippen molar-refractivity contribution < 1.29 is 41.3 Å². The van der Waals surface area contributed by atoms with Crippen LogP contribution < -0.4 is 15.7 Å². The van der Waals surface area contributed by atoms with Crippen molar-refractivity contribution in [1.29, 1.82) is 0 Å². The Hall–Kier alpha value is -2.45. The Morgan fingerprint density at radius 3 is 2.40 bits per heavy atom. The van der Waals surface area contributed by atoms with Gasteiger partial charge in [0.05, 0.1) is 5.52 Å². The van der Waals surface area contributed by atoms with Gasteiger partial charge in [-0.1, -0.05) is 53.4 Å². The van der Waals surface area contributed by atoms with Crippen molar-refractivity contribution in [3.8, 4) is 11.5 Å². The molecule has 0 saturated heterocycles. The molecule has 25 heavy (non-hydrogen) atoms. The van der Waals surface area contributed by atoms with E-state index in [1.165, 1.54) is 23.7 Å². The van der Waals surface area contributed by atoms with Crippen LogP contribution in [0.1, 0.15) is 10.4 Å². The third kappa shape index (κ3) is 5.84. The van der Waals surface area contributed by atoms with E-state index in [1.807, 2.05) is 18.2 Å². The van der Waals surface area contributed by atoms with Crippen molar-refractivity contribution in [1.82, 2.24) is 10.5 Å². The average Bonchev–Trinajstić information content (AvgIpc) is 2.66. The Balaban J connectivity index is 0.000000228. The summed E-state index contributed by atoms with van der Waals surface area (Å²) in [4.78, 5) is 14.7. The summed E-state index contributed by atoms with van der Waals surface area (Å²) in [5.41, 5.74) is 1.73. The monoisotopic (exact) mass is 397 g/mol. The molecule has 0 atom stereocenters. The molecule has 0 aliphatic heterocycles. The van der Waals surface area contributed by atoms with E-state index >= 15 is 0 Å². The van der Waals surface area contributed by atoms with Crippen LogP contribution in [0.3, 0.4) is 0 Å². The molecule has 0 bridgehead atoms. The van der Waals surface area contributed by atoms with Gasteiger partial charge in [0.2, 0.25) is 0 Å². The van der Waals surface area contributed by atoms with Crippen LogP contribution in [0.2, 0.25) is 5.02 Å². The number of aromatic nitrogens is 1. The van der Waals surface area contributed by atoms with Crippen LogP contribution in [0.5, 0.6) is 11.5 Å². The number of nitrogens with zero attached hydrogens (tertiary/aromatic N) is 1. The fourth-order valence-electron chi connectivity index (χ4n) is 1.82. The van der Waals surface area contributed by atoms with Crippen LogP contribution in [0, 0.1) is 0 Å². The first kappa shape index (κ1) is 20.6. The molecule has 2 aromatic carbocycles. The minimum atomic E-state index is -0.859. The Labute approximate surface area is 157 Å². The molecule has 0 aliphatic carbocycles. The van der Waals surface area contributed by atoms with Gasteiger partial charge in [-0.3, -0.25) is 15.0 Å². The molecule has 0 unspecified atom stereocenters. The molecule has 3 rings (SSSR count). The van der Waals surface area contributed by atoms with Crippen molar-refractivity contribution in [2.45, 2.75) is 0 Å². The van der Waals surface area contributed by atoms with Crippen molar-refractivity contribution in [2.24, 2.45) is 0 Å². The fourth-order valence-corrected chi connectivity index (χ4v) is 1.99. The van der Waals surface area contributed by atoms with Gasteiger partial charge in [0.15, 0.2) is 0 Å². The van der Waals surface area contributed by atoms with Crippen molar-refractivity contribution in [3.63, 3.8) is 0 Å². The number of carbonyl (C=O) groups is 1. The summed E-state index contributed by atoms with van der Waals surface area (Å²) >= 11 is 6.58. The first-order valence-corrected chi connectivity index (χ1v) is 7.57. The van der Waals surface area contributed by atoms with E-state index in [-0.39, 0.29) is 16.3 Å². The van der Waals surface area contributed by atoms with Crippen LogP contribution in [-0.4, -0.2) is 16.1 Å². The van der Waals surface area contributed by atoms with Crippen molar-refractivity contribution >= 4 is 28.4 Å². The predicted molar refractivity (Wildman–Crippen MR) is 82.0 cm³/mol. The van der Waals surface area contributed by atoms with Gasteiger partial charge in [-0.15, -0.1) is 0 Å². The summed E-state index contributed by atoms with van der Waals surface area (Å²) in [5.74, 6) is -1.35. The zero-order valence-electron chi connectivity index (χ0n) is 12.5. The number of fused-ring (bicyclic) bond motifs is 1. The van der Waals surface area contributed by atoms with E-state index in [4.69, 9.17) is 20.5 Å². The Morgan fingerprint density at radius 1 is 1.08 bits per heavy atom. The van der Waals surface area contributed by atoms with Gasteiger partial charge < -0.3 is 10.2 Å². The van der Waals surface area contributed by atoms with Crippen LogP contribution in [-0.2, 0) is 21.0 Å². The summed E-state index contributed by atoms with van der Waals surface area (Å²) in [7, 11) is 0. The molecule has 7 nitrogen and oxygen atoms in total. The normalized spacial score (nSPS) is 9.28. The third-order valence-corrected chi connectivity index (χ3v) is 3.12. The molecule has 2 N–H and O–H groups in total. The molecule has 127 valence electrons. The van der Waals surface area contributed by atoms with E-state index < -0.39 is 11.7 Å². The number of amides is 1. The van der Waals surface area contributed by atoms with Crippen LogP contribution in [0.4, 0.5) is 0 Å². The van der Waals surface area contributed by atoms with Gasteiger partial charge in [-0.25, -0.2) is 5.48 Å². The first-order valence-electron chi connectivity index (χ1n) is 6.63. The molecule has 1 aromatic heterocycles. The van der Waals surface area contributed by atoms with Crippen LogP contribution >= 0.6 is 11.6 Å². The van der Waals surface area contributed by atoms with Gasteiger partial charge in [0.1, 0.15) is 0 Å². The van der Waals surface area contributed by atoms with Crippen LogP contribution in [0.25, 0.3) is 10.9 Å². The number of hydroxylamine groups is 1. The van der Waals surface area contributed by atoms with Gasteiger partial charge in [0.25, 0.3) is 5.91 Å². The molecule has 3 aromatic rings. The molecule has 0 fully saturated rings. The Morgan fingerprint density at radius 2 is 1.76 bits per heavy atom. The number of para-hydroxylation sites is 1. The van der Waals surface area contributed by atoms with Crippen LogP contribution in [0.15, 0.2) is 54.7 Å². The number of carbonyl (C=O) groups excluding carboxylic acids is 1. The second kappa shape index (κ2) is 10.4. The molecule has 0 spiro atoms. The van der Waals surface area contributed by atoms with Gasteiger partial charge in [-0.2, -0.15) is 0 Å². The zero-order chi connectivity index (χ0) is 18.8. The van der Waals surface area contributed by atoms with E-state index in [0.29, 0.717) is 5.52 Å². The SMILES string of the molecule is O=C(NO)c1cc(Cl)ccc1[O-].[O-]c1cccc2cccnc12.[O]=[V+2]. The standard InChI is InChI=1S/C9H7NO.C7H6ClNO3.O.V/c11-8-5-1-3-7-4-2-6-10-9(7)8;8-4-1-2-6(10)5(3-4)7(11)9-12;;/h1-6,11H;1-3,10,12H,(H,9,11);;/q;;;+2/p-2. The predicted octanol–water partition coefficient (Wildman–Crippen LogP) is 1.72. The zero-order valence-corrected chi connectivity index (χ0v) is 14.7. The number of hydrogen-bond donors (Lipinski definition) is 2. The van der Waals surface area contributed by atoms with E-state index in [0.717, 1.165) is 28.8 Å². The molecule has 0 aliphatic rings. The Kier molecular flexibility index (Phi) is 8.59. The third-order valence-electron chi connectivity index (χ3n) is 2.88. The second-order valence-corrected chi connectivity index (χ2v) is 4.85. The minimum absolute atomic E-state index is 0.0110. The maximum atomic E-state index is 11.1. The van der Waals surface area contributed by atoms with E-state index in [1.54, 1.807) is 12.3 Å². The number of pyridine rings is 1. The average molecular weight is 398 g/mol. The maximum absolute atomic E-state index is 11.1. The second-order valence-electron chi connectivity index (χ2n) is 4.41. The summed E-state index contributed by atoms with van der Waals surface area (Å²) in [6.45, 7) is 0. The Bertz CT molecular complexity index is 858. The molecule has 9 heteroatoms. The van der Waals surface area contributed by atoms with E-state index in [9.17, 15) is 15.0 Å². The molecular weight excluding hydrogens is 387 g/mol. The molecule has 0 saturated carbocycles. The summed E-state index contributed by atoms with van der Waals surface area (Å²) < 4.78 is 8.19. The van der Waals surface area contributed by atoms with Crippen molar-refractivity contribution in [2.75, 3.05) is 0 Å². The van der Waals surface area contributed by atoms with E-state index in [2.05, 4.69) is 4.98 Å². The summed E-state index contributed by atoms with van der Waals surface area (Å²) in [6.07, 6.45) is 1.63. The topological polar surface area (TPSA) is 125 Å². The number of hydrogen-bond acceptors (Lipinski definition) is 6. The van der Waals surface area contributed by atoms with Crippen molar-refractivity contribution in [3.05, 3.63) is 65.3 Å². The molecular formula is C16H11ClN2O5V. The summed E-state index contributed by atoms with van der Waals surface area (Å²) in [6, 6.07) is 12.6. The molecule has 1 amide bonds. The first-order chi connectivity index (χ1) is 12.0. The number of halogens is 1. The number of rotatable bonds is 1. The number of nitrogens with one attached hydrogen (secondary N) is 1. The van der Waals surface area contributed by atoms with Gasteiger partial charge in [0, 0.05) is 16.8 Å².